The van der Waals surface area contributed by atoms with Gasteiger partial charge in [0.15, 0.2) is 0 Å². The van der Waals surface area contributed by atoms with Crippen molar-refractivity contribution in [2.45, 2.75) is 75.7 Å². The summed E-state index contributed by atoms with van der Waals surface area (Å²) in [5.41, 5.74) is -0.178. The van der Waals surface area contributed by atoms with Gasteiger partial charge >= 0.3 is 12.0 Å². The van der Waals surface area contributed by atoms with Gasteiger partial charge in [0.1, 0.15) is 6.04 Å². The molecule has 120 valence electrons. The zero-order valence-corrected chi connectivity index (χ0v) is 13.7. The highest BCUT2D eigenvalue weighted by Crippen LogP contribution is 2.34. The van der Waals surface area contributed by atoms with E-state index in [9.17, 15) is 14.7 Å². The monoisotopic (exact) mass is 314 g/mol. The maximum atomic E-state index is 12.7. The van der Waals surface area contributed by atoms with E-state index in [1.165, 1.54) is 6.42 Å². The molecular weight excluding hydrogens is 288 g/mol. The number of thioether (sulfide) groups is 1. The van der Waals surface area contributed by atoms with Crippen molar-refractivity contribution in [3.05, 3.63) is 0 Å². The molecule has 1 saturated carbocycles. The third-order valence-electron chi connectivity index (χ3n) is 4.51. The molecule has 1 heterocycles. The molecule has 6 heteroatoms. The van der Waals surface area contributed by atoms with Crippen LogP contribution in [-0.4, -0.2) is 44.7 Å². The second-order valence-electron chi connectivity index (χ2n) is 6.39. The SMILES string of the molecule is CCCC1SCC(C(=O)O)N1C(=O)NC1(C)CCCCC1. The van der Waals surface area contributed by atoms with Gasteiger partial charge in [-0.2, -0.15) is 0 Å². The molecule has 2 fully saturated rings. The van der Waals surface area contributed by atoms with Gasteiger partial charge in [0.25, 0.3) is 0 Å². The van der Waals surface area contributed by atoms with Crippen LogP contribution in [0.3, 0.4) is 0 Å². The van der Waals surface area contributed by atoms with Crippen LogP contribution in [0.2, 0.25) is 0 Å². The molecule has 2 rings (SSSR count). The average Bonchev–Trinajstić information content (AvgIpc) is 2.83. The summed E-state index contributed by atoms with van der Waals surface area (Å²) in [7, 11) is 0. The summed E-state index contributed by atoms with van der Waals surface area (Å²) in [6.07, 6.45) is 7.25. The molecule has 2 atom stereocenters. The van der Waals surface area contributed by atoms with E-state index in [1.807, 2.05) is 0 Å². The van der Waals surface area contributed by atoms with E-state index >= 15 is 0 Å². The molecule has 2 unspecified atom stereocenters. The molecule has 0 spiro atoms. The summed E-state index contributed by atoms with van der Waals surface area (Å²) in [6, 6.07) is -0.894. The molecular formula is C15H26N2O3S. The molecule has 0 bridgehead atoms. The lowest BCUT2D eigenvalue weighted by molar-refractivity contribution is -0.141. The molecule has 2 amide bonds. The number of hydrogen-bond donors (Lipinski definition) is 2. The number of carboxylic acids is 1. The summed E-state index contributed by atoms with van der Waals surface area (Å²) in [5, 5.41) is 12.5. The summed E-state index contributed by atoms with van der Waals surface area (Å²) in [6.45, 7) is 4.14. The van der Waals surface area contributed by atoms with E-state index in [1.54, 1.807) is 16.7 Å². The Morgan fingerprint density at radius 2 is 2.00 bits per heavy atom. The molecule has 1 saturated heterocycles. The van der Waals surface area contributed by atoms with Crippen molar-refractivity contribution < 1.29 is 14.7 Å². The zero-order valence-electron chi connectivity index (χ0n) is 12.9. The van der Waals surface area contributed by atoms with E-state index in [-0.39, 0.29) is 16.9 Å². The van der Waals surface area contributed by atoms with Crippen molar-refractivity contribution in [3.63, 3.8) is 0 Å². The Bertz CT molecular complexity index is 396. The van der Waals surface area contributed by atoms with Crippen molar-refractivity contribution in [2.75, 3.05) is 5.75 Å². The van der Waals surface area contributed by atoms with Gasteiger partial charge in [-0.1, -0.05) is 32.6 Å². The second-order valence-corrected chi connectivity index (χ2v) is 7.60. The van der Waals surface area contributed by atoms with Crippen LogP contribution < -0.4 is 5.32 Å². The highest BCUT2D eigenvalue weighted by Gasteiger charge is 2.43. The van der Waals surface area contributed by atoms with Gasteiger partial charge < -0.3 is 10.4 Å². The fourth-order valence-corrected chi connectivity index (χ4v) is 4.79. The largest absolute Gasteiger partial charge is 0.480 e. The van der Waals surface area contributed by atoms with E-state index < -0.39 is 12.0 Å². The minimum Gasteiger partial charge on any atom is -0.480 e. The lowest BCUT2D eigenvalue weighted by Gasteiger charge is -2.37. The minimum absolute atomic E-state index is 0.0108. The Kier molecular flexibility index (Phi) is 5.41. The fourth-order valence-electron chi connectivity index (χ4n) is 3.28. The molecule has 0 aromatic heterocycles. The average molecular weight is 314 g/mol. The van der Waals surface area contributed by atoms with Gasteiger partial charge in [-0.05, 0) is 26.2 Å². The van der Waals surface area contributed by atoms with Crippen LogP contribution >= 0.6 is 11.8 Å². The highest BCUT2D eigenvalue weighted by atomic mass is 32.2. The van der Waals surface area contributed by atoms with Crippen LogP contribution in [0.1, 0.15) is 58.8 Å². The highest BCUT2D eigenvalue weighted by molar-refractivity contribution is 8.00. The summed E-state index contributed by atoms with van der Waals surface area (Å²) >= 11 is 1.59. The van der Waals surface area contributed by atoms with E-state index in [0.29, 0.717) is 5.75 Å². The van der Waals surface area contributed by atoms with Crippen LogP contribution in [0.15, 0.2) is 0 Å². The van der Waals surface area contributed by atoms with Gasteiger partial charge in [0.05, 0.1) is 5.37 Å². The van der Waals surface area contributed by atoms with Crippen molar-refractivity contribution in [1.29, 1.82) is 0 Å². The van der Waals surface area contributed by atoms with Gasteiger partial charge in [0.2, 0.25) is 0 Å². The maximum absolute atomic E-state index is 12.7. The van der Waals surface area contributed by atoms with E-state index in [0.717, 1.165) is 38.5 Å². The fraction of sp³-hybridized carbons (Fsp3) is 0.867. The molecule has 0 aromatic carbocycles. The topological polar surface area (TPSA) is 69.6 Å². The Labute approximate surface area is 130 Å². The third kappa shape index (κ3) is 3.84. The number of nitrogens with one attached hydrogen (secondary N) is 1. The lowest BCUT2D eigenvalue weighted by atomic mass is 9.83. The Morgan fingerprint density at radius 1 is 1.33 bits per heavy atom. The van der Waals surface area contributed by atoms with E-state index in [2.05, 4.69) is 19.2 Å². The van der Waals surface area contributed by atoms with Crippen LogP contribution in [0.4, 0.5) is 4.79 Å². The Morgan fingerprint density at radius 3 is 2.57 bits per heavy atom. The quantitative estimate of drug-likeness (QED) is 0.837. The van der Waals surface area contributed by atoms with E-state index in [4.69, 9.17) is 0 Å². The number of carbonyl (C=O) groups is 2. The molecule has 2 N–H and O–H groups in total. The predicted molar refractivity (Wildman–Crippen MR) is 84.4 cm³/mol. The van der Waals surface area contributed by atoms with Gasteiger partial charge in [-0.25, -0.2) is 9.59 Å². The molecule has 1 aliphatic carbocycles. The number of amides is 2. The molecule has 0 radical (unpaired) electrons. The number of hydrogen-bond acceptors (Lipinski definition) is 3. The van der Waals surface area contributed by atoms with Crippen molar-refractivity contribution in [3.8, 4) is 0 Å². The number of carboxylic acid groups (broad SMARTS) is 1. The number of carbonyl (C=O) groups excluding carboxylic acids is 1. The van der Waals surface area contributed by atoms with Crippen molar-refractivity contribution >= 4 is 23.8 Å². The first-order chi connectivity index (χ1) is 9.97. The Balaban J connectivity index is 2.07. The van der Waals surface area contributed by atoms with Crippen molar-refractivity contribution in [2.24, 2.45) is 0 Å². The van der Waals surface area contributed by atoms with Crippen LogP contribution in [0.5, 0.6) is 0 Å². The molecule has 21 heavy (non-hydrogen) atoms. The number of urea groups is 1. The summed E-state index contributed by atoms with van der Waals surface area (Å²) in [4.78, 5) is 25.6. The van der Waals surface area contributed by atoms with Gasteiger partial charge in [-0.15, -0.1) is 11.8 Å². The van der Waals surface area contributed by atoms with Gasteiger partial charge in [0, 0.05) is 11.3 Å². The molecule has 5 nitrogen and oxygen atoms in total. The molecule has 2 aliphatic rings. The normalized spacial score (nSPS) is 28.4. The van der Waals surface area contributed by atoms with Gasteiger partial charge in [-0.3, -0.25) is 4.90 Å². The first-order valence-electron chi connectivity index (χ1n) is 7.92. The van der Waals surface area contributed by atoms with Crippen molar-refractivity contribution in [1.82, 2.24) is 10.2 Å². The second kappa shape index (κ2) is 6.90. The number of nitrogens with zero attached hydrogens (tertiary/aromatic N) is 1. The Hall–Kier alpha value is -0.910. The standard InChI is InChI=1S/C15H26N2O3S/c1-3-7-12-17(11(10-21-12)13(18)19)14(20)16-15(2)8-5-4-6-9-15/h11-12H,3-10H2,1-2H3,(H,16,20)(H,18,19). The number of rotatable bonds is 4. The third-order valence-corrected chi connectivity index (χ3v) is 5.87. The molecule has 0 aromatic rings. The first kappa shape index (κ1) is 16.5. The van der Waals surface area contributed by atoms with Crippen LogP contribution in [-0.2, 0) is 4.79 Å². The number of aliphatic carboxylic acids is 1. The lowest BCUT2D eigenvalue weighted by Crippen LogP contribution is -2.56. The maximum Gasteiger partial charge on any atom is 0.327 e. The van der Waals surface area contributed by atoms with Crippen LogP contribution in [0.25, 0.3) is 0 Å². The molecule has 1 aliphatic heterocycles. The minimum atomic E-state index is -0.898. The first-order valence-corrected chi connectivity index (χ1v) is 8.96. The summed E-state index contributed by atoms with van der Waals surface area (Å²) in [5.74, 6) is -0.408. The summed E-state index contributed by atoms with van der Waals surface area (Å²) < 4.78 is 0. The zero-order chi connectivity index (χ0) is 15.5. The smallest absolute Gasteiger partial charge is 0.327 e. The predicted octanol–water partition coefficient (Wildman–Crippen LogP) is 3.05. The van der Waals surface area contributed by atoms with Crippen LogP contribution in [0, 0.1) is 0 Å².